The maximum absolute atomic E-state index is 13.4. The van der Waals surface area contributed by atoms with Crippen LogP contribution in [0.4, 0.5) is 10.1 Å². The van der Waals surface area contributed by atoms with Gasteiger partial charge >= 0.3 is 0 Å². The Morgan fingerprint density at radius 1 is 1.11 bits per heavy atom. The van der Waals surface area contributed by atoms with Crippen molar-refractivity contribution >= 4 is 17.5 Å². The van der Waals surface area contributed by atoms with E-state index in [1.54, 1.807) is 12.1 Å². The summed E-state index contributed by atoms with van der Waals surface area (Å²) in [6.45, 7) is 1.18. The Labute approximate surface area is 209 Å². The summed E-state index contributed by atoms with van der Waals surface area (Å²) in [5, 5.41) is 15.8. The molecule has 3 aliphatic rings. The van der Waals surface area contributed by atoms with Crippen LogP contribution in [-0.4, -0.2) is 55.1 Å². The summed E-state index contributed by atoms with van der Waals surface area (Å²) in [6.07, 6.45) is 0.733. The highest BCUT2D eigenvalue weighted by Gasteiger charge is 2.46. The Bertz CT molecular complexity index is 1110. The molecule has 2 fully saturated rings. The molecule has 3 N–H and O–H groups in total. The van der Waals surface area contributed by atoms with Gasteiger partial charge in [0.25, 0.3) is 0 Å². The van der Waals surface area contributed by atoms with E-state index < -0.39 is 12.2 Å². The van der Waals surface area contributed by atoms with E-state index in [1.165, 1.54) is 12.1 Å². The zero-order chi connectivity index (χ0) is 25.1. The van der Waals surface area contributed by atoms with E-state index in [1.807, 2.05) is 18.2 Å². The number of carbonyl (C=O) groups is 2. The number of carbonyl (C=O) groups excluding carboxylic acids is 2. The highest BCUT2D eigenvalue weighted by molar-refractivity contribution is 5.92. The Balaban J connectivity index is 1.23. The molecule has 2 aromatic carbocycles. The molecule has 3 heterocycles. The van der Waals surface area contributed by atoms with Crippen LogP contribution in [0.15, 0.2) is 42.5 Å². The third-order valence-corrected chi connectivity index (χ3v) is 7.15. The van der Waals surface area contributed by atoms with Crippen LogP contribution in [0.2, 0.25) is 0 Å². The summed E-state index contributed by atoms with van der Waals surface area (Å²) < 4.78 is 30.9. The molecular formula is C27H31FN2O6. The third kappa shape index (κ3) is 5.53. The van der Waals surface area contributed by atoms with Gasteiger partial charge in [0.15, 0.2) is 0 Å². The highest BCUT2D eigenvalue weighted by atomic mass is 19.1. The maximum Gasteiger partial charge on any atom is 0.227 e. The van der Waals surface area contributed by atoms with E-state index in [2.05, 4.69) is 10.6 Å². The van der Waals surface area contributed by atoms with Crippen molar-refractivity contribution in [2.45, 2.75) is 56.5 Å². The Kier molecular flexibility index (Phi) is 7.50. The molecule has 36 heavy (non-hydrogen) atoms. The van der Waals surface area contributed by atoms with Gasteiger partial charge in [-0.15, -0.1) is 0 Å². The van der Waals surface area contributed by atoms with Crippen LogP contribution < -0.4 is 15.4 Å². The molecule has 0 unspecified atom stereocenters. The van der Waals surface area contributed by atoms with Crippen LogP contribution in [0, 0.1) is 11.7 Å². The minimum absolute atomic E-state index is 0.0122. The molecule has 4 atom stereocenters. The van der Waals surface area contributed by atoms with Crippen molar-refractivity contribution in [2.24, 2.45) is 5.92 Å². The quantitative estimate of drug-likeness (QED) is 0.542. The molecule has 2 saturated heterocycles. The van der Waals surface area contributed by atoms with Crippen molar-refractivity contribution in [3.63, 3.8) is 0 Å². The van der Waals surface area contributed by atoms with Crippen LogP contribution in [0.3, 0.4) is 0 Å². The first-order valence-corrected chi connectivity index (χ1v) is 12.5. The van der Waals surface area contributed by atoms with Crippen LogP contribution in [0.5, 0.6) is 5.75 Å². The molecule has 0 aromatic heterocycles. The molecule has 0 spiro atoms. The number of amides is 2. The van der Waals surface area contributed by atoms with E-state index in [9.17, 15) is 19.1 Å². The minimum Gasteiger partial charge on any atom is -0.487 e. The van der Waals surface area contributed by atoms with Crippen molar-refractivity contribution < 1.29 is 33.3 Å². The number of nitrogens with one attached hydrogen (secondary N) is 2. The fourth-order valence-electron chi connectivity index (χ4n) is 5.30. The molecule has 0 saturated carbocycles. The van der Waals surface area contributed by atoms with Gasteiger partial charge in [-0.2, -0.15) is 0 Å². The van der Waals surface area contributed by atoms with Crippen molar-refractivity contribution in [3.8, 4) is 5.75 Å². The second-order valence-electron chi connectivity index (χ2n) is 9.64. The van der Waals surface area contributed by atoms with Crippen LogP contribution >= 0.6 is 0 Å². The second-order valence-corrected chi connectivity index (χ2v) is 9.64. The van der Waals surface area contributed by atoms with Gasteiger partial charge in [0.1, 0.15) is 23.8 Å². The minimum atomic E-state index is -0.572. The fourth-order valence-corrected chi connectivity index (χ4v) is 5.30. The number of hydrogen-bond donors (Lipinski definition) is 3. The van der Waals surface area contributed by atoms with Gasteiger partial charge in [-0.05, 0) is 55.2 Å². The number of rotatable bonds is 7. The number of hydrogen-bond acceptors (Lipinski definition) is 6. The monoisotopic (exact) mass is 498 g/mol. The molecule has 0 aliphatic carbocycles. The van der Waals surface area contributed by atoms with Gasteiger partial charge in [0.2, 0.25) is 11.8 Å². The van der Waals surface area contributed by atoms with Gasteiger partial charge in [0, 0.05) is 42.8 Å². The van der Waals surface area contributed by atoms with Crippen LogP contribution in [0.1, 0.15) is 42.7 Å². The van der Waals surface area contributed by atoms with Gasteiger partial charge in [0.05, 0.1) is 19.1 Å². The van der Waals surface area contributed by atoms with E-state index in [-0.39, 0.29) is 55.1 Å². The summed E-state index contributed by atoms with van der Waals surface area (Å²) in [4.78, 5) is 25.3. The van der Waals surface area contributed by atoms with E-state index in [0.717, 1.165) is 5.56 Å². The maximum atomic E-state index is 13.4. The van der Waals surface area contributed by atoms with Crippen molar-refractivity contribution in [1.29, 1.82) is 0 Å². The molecule has 5 rings (SSSR count). The topological polar surface area (TPSA) is 106 Å². The smallest absolute Gasteiger partial charge is 0.227 e. The number of aliphatic hydroxyl groups is 1. The molecule has 192 valence electrons. The lowest BCUT2D eigenvalue weighted by Crippen LogP contribution is -2.47. The highest BCUT2D eigenvalue weighted by Crippen LogP contribution is 2.47. The Hall–Kier alpha value is -3.01. The molecule has 0 bridgehead atoms. The fraction of sp³-hybridized carbons (Fsp3) is 0.481. The van der Waals surface area contributed by atoms with E-state index in [0.29, 0.717) is 49.5 Å². The largest absolute Gasteiger partial charge is 0.487 e. The predicted molar refractivity (Wildman–Crippen MR) is 129 cm³/mol. The van der Waals surface area contributed by atoms with Gasteiger partial charge in [-0.25, -0.2) is 4.39 Å². The molecular weight excluding hydrogens is 467 g/mol. The van der Waals surface area contributed by atoms with Crippen molar-refractivity contribution in [3.05, 3.63) is 59.4 Å². The summed E-state index contributed by atoms with van der Waals surface area (Å²) in [5.41, 5.74) is 2.32. The van der Waals surface area contributed by atoms with Gasteiger partial charge in [-0.1, -0.05) is 12.1 Å². The van der Waals surface area contributed by atoms with Crippen LogP contribution in [0.25, 0.3) is 0 Å². The van der Waals surface area contributed by atoms with Crippen molar-refractivity contribution in [2.75, 3.05) is 25.1 Å². The molecule has 0 radical (unpaired) electrons. The molecule has 3 aliphatic heterocycles. The van der Waals surface area contributed by atoms with Gasteiger partial charge < -0.3 is 30.0 Å². The Morgan fingerprint density at radius 3 is 2.72 bits per heavy atom. The summed E-state index contributed by atoms with van der Waals surface area (Å²) in [5.74, 6) is -0.0116. The number of aliphatic hydroxyl groups excluding tert-OH is 1. The predicted octanol–water partition coefficient (Wildman–Crippen LogP) is 2.89. The van der Waals surface area contributed by atoms with Crippen LogP contribution in [-0.2, 0) is 25.6 Å². The van der Waals surface area contributed by atoms with Gasteiger partial charge in [-0.3, -0.25) is 9.59 Å². The normalized spacial score (nSPS) is 25.4. The first-order valence-electron chi connectivity index (χ1n) is 12.5. The number of ether oxygens (including phenoxy) is 3. The molecule has 9 heteroatoms. The zero-order valence-corrected chi connectivity index (χ0v) is 20.0. The third-order valence-electron chi connectivity index (χ3n) is 7.15. The van der Waals surface area contributed by atoms with E-state index in [4.69, 9.17) is 14.2 Å². The molecule has 2 aromatic rings. The number of benzene rings is 2. The van der Waals surface area contributed by atoms with E-state index >= 15 is 0 Å². The first-order chi connectivity index (χ1) is 17.5. The van der Waals surface area contributed by atoms with Crippen molar-refractivity contribution in [1.82, 2.24) is 5.32 Å². The summed E-state index contributed by atoms with van der Waals surface area (Å²) in [7, 11) is 0. The lowest BCUT2D eigenvalue weighted by Gasteiger charge is -2.37. The number of halogens is 1. The SMILES string of the molecule is O=C(C[C@H]1C[C@@H]2c3cc(NC(=O)C4CCOCC4)ccc3O[C@@H]2[C@H](CO)O1)NCc1cccc(F)c1. The lowest BCUT2D eigenvalue weighted by atomic mass is 9.84. The molecule has 2 amide bonds. The summed E-state index contributed by atoms with van der Waals surface area (Å²) in [6, 6.07) is 11.7. The second kappa shape index (κ2) is 10.9. The Morgan fingerprint density at radius 2 is 1.94 bits per heavy atom. The number of fused-ring (bicyclic) bond motifs is 3. The average molecular weight is 499 g/mol. The number of anilines is 1. The molecule has 8 nitrogen and oxygen atoms in total. The summed E-state index contributed by atoms with van der Waals surface area (Å²) >= 11 is 0. The average Bonchev–Trinajstić information content (AvgIpc) is 3.25. The zero-order valence-electron chi connectivity index (χ0n) is 20.0. The standard InChI is InChI=1S/C27H31FN2O6/c28-18-3-1-2-16(10-18)14-29-25(32)13-20-12-22-21-11-19(30-27(33)17-6-8-34-9-7-17)4-5-23(21)36-26(22)24(15-31)35-20/h1-5,10-11,17,20,22,24,26,31H,6-9,12-15H2,(H,29,32)(H,30,33)/t20-,22-,24+,26+/m1/s1. The first kappa shape index (κ1) is 24.7. The lowest BCUT2D eigenvalue weighted by molar-refractivity contribution is -0.142.